The van der Waals surface area contributed by atoms with Crippen LogP contribution in [0.15, 0.2) is 0 Å². The van der Waals surface area contributed by atoms with Crippen molar-refractivity contribution in [2.75, 3.05) is 20.3 Å². The van der Waals surface area contributed by atoms with E-state index in [9.17, 15) is 5.11 Å². The van der Waals surface area contributed by atoms with Gasteiger partial charge in [-0.3, -0.25) is 0 Å². The second-order valence-corrected chi connectivity index (χ2v) is 3.29. The summed E-state index contributed by atoms with van der Waals surface area (Å²) in [4.78, 5) is 0. The minimum absolute atomic E-state index is 0.156. The van der Waals surface area contributed by atoms with Gasteiger partial charge >= 0.3 is 0 Å². The van der Waals surface area contributed by atoms with E-state index in [1.807, 2.05) is 6.92 Å². The van der Waals surface area contributed by atoms with Crippen molar-refractivity contribution >= 4 is 0 Å². The van der Waals surface area contributed by atoms with Crippen LogP contribution in [-0.4, -0.2) is 37.1 Å². The van der Waals surface area contributed by atoms with Gasteiger partial charge in [0.25, 0.3) is 0 Å². The van der Waals surface area contributed by atoms with Gasteiger partial charge in [0.2, 0.25) is 0 Å². The first-order chi connectivity index (χ1) is 5.16. The molecule has 0 bridgehead atoms. The van der Waals surface area contributed by atoms with Crippen LogP contribution in [0.5, 0.6) is 0 Å². The van der Waals surface area contributed by atoms with Crippen molar-refractivity contribution in [2.24, 2.45) is 0 Å². The van der Waals surface area contributed by atoms with Crippen LogP contribution in [0.2, 0.25) is 0 Å². The Morgan fingerprint density at radius 1 is 1.73 bits per heavy atom. The molecule has 0 spiro atoms. The van der Waals surface area contributed by atoms with Crippen LogP contribution in [0.1, 0.15) is 19.8 Å². The summed E-state index contributed by atoms with van der Waals surface area (Å²) in [6, 6.07) is 0. The minimum Gasteiger partial charge on any atom is -0.387 e. The Morgan fingerprint density at radius 3 is 3.00 bits per heavy atom. The highest BCUT2D eigenvalue weighted by Crippen LogP contribution is 2.24. The Bertz CT molecular complexity index is 123. The van der Waals surface area contributed by atoms with E-state index in [0.29, 0.717) is 26.1 Å². The molecule has 1 rings (SSSR count). The third kappa shape index (κ3) is 2.43. The van der Waals surface area contributed by atoms with Gasteiger partial charge in [-0.2, -0.15) is 0 Å². The molecule has 0 aliphatic carbocycles. The predicted octanol–water partition coefficient (Wildman–Crippen LogP) is 0.563. The van der Waals surface area contributed by atoms with Crippen molar-refractivity contribution in [3.8, 4) is 0 Å². The summed E-state index contributed by atoms with van der Waals surface area (Å²) in [5.41, 5.74) is -0.646. The van der Waals surface area contributed by atoms with Crippen LogP contribution in [0.25, 0.3) is 0 Å². The van der Waals surface area contributed by atoms with E-state index in [0.717, 1.165) is 0 Å². The number of hydrogen-bond donors (Lipinski definition) is 1. The highest BCUT2D eigenvalue weighted by molar-refractivity contribution is 4.83. The van der Waals surface area contributed by atoms with E-state index in [2.05, 4.69) is 0 Å². The summed E-state index contributed by atoms with van der Waals surface area (Å²) >= 11 is 0. The van der Waals surface area contributed by atoms with Crippen LogP contribution >= 0.6 is 0 Å². The zero-order valence-electron chi connectivity index (χ0n) is 7.17. The molecule has 1 fully saturated rings. The van der Waals surface area contributed by atoms with Crippen LogP contribution in [0, 0.1) is 0 Å². The average Bonchev–Trinajstić information content (AvgIpc) is 1.86. The third-order valence-electron chi connectivity index (χ3n) is 2.05. The molecule has 1 heterocycles. The number of rotatable bonds is 2. The van der Waals surface area contributed by atoms with Gasteiger partial charge < -0.3 is 14.6 Å². The maximum atomic E-state index is 9.84. The first-order valence-electron chi connectivity index (χ1n) is 3.99. The van der Waals surface area contributed by atoms with Crippen LogP contribution in [0.4, 0.5) is 0 Å². The lowest BCUT2D eigenvalue weighted by molar-refractivity contribution is -0.124. The minimum atomic E-state index is -0.646. The molecule has 66 valence electrons. The Labute approximate surface area is 67.3 Å². The topological polar surface area (TPSA) is 38.7 Å². The Hall–Kier alpha value is -0.120. The van der Waals surface area contributed by atoms with Gasteiger partial charge in [0.15, 0.2) is 0 Å². The third-order valence-corrected chi connectivity index (χ3v) is 2.05. The first-order valence-corrected chi connectivity index (χ1v) is 3.99. The van der Waals surface area contributed by atoms with E-state index in [-0.39, 0.29) is 6.10 Å². The monoisotopic (exact) mass is 160 g/mol. The molecule has 0 amide bonds. The van der Waals surface area contributed by atoms with E-state index in [4.69, 9.17) is 9.47 Å². The lowest BCUT2D eigenvalue weighted by Gasteiger charge is -2.34. The predicted molar refractivity (Wildman–Crippen MR) is 41.5 cm³/mol. The normalized spacial score (nSPS) is 39.0. The van der Waals surface area contributed by atoms with Gasteiger partial charge in [-0.15, -0.1) is 0 Å². The number of aliphatic hydroxyl groups is 1. The average molecular weight is 160 g/mol. The maximum absolute atomic E-state index is 9.84. The maximum Gasteiger partial charge on any atom is 0.0926 e. The Kier molecular flexibility index (Phi) is 2.87. The summed E-state index contributed by atoms with van der Waals surface area (Å²) in [5.74, 6) is 0. The summed E-state index contributed by atoms with van der Waals surface area (Å²) in [5, 5.41) is 9.84. The molecule has 0 saturated carbocycles. The second-order valence-electron chi connectivity index (χ2n) is 3.29. The fourth-order valence-corrected chi connectivity index (χ4v) is 1.55. The summed E-state index contributed by atoms with van der Waals surface area (Å²) in [7, 11) is 1.61. The van der Waals surface area contributed by atoms with Crippen molar-refractivity contribution in [2.45, 2.75) is 31.5 Å². The Morgan fingerprint density at radius 2 is 2.45 bits per heavy atom. The summed E-state index contributed by atoms with van der Waals surface area (Å²) in [6.07, 6.45) is 1.52. The van der Waals surface area contributed by atoms with E-state index in [1.165, 1.54) is 0 Å². The molecule has 0 radical (unpaired) electrons. The van der Waals surface area contributed by atoms with Crippen LogP contribution in [-0.2, 0) is 9.47 Å². The van der Waals surface area contributed by atoms with Crippen LogP contribution < -0.4 is 0 Å². The van der Waals surface area contributed by atoms with Crippen LogP contribution in [0.3, 0.4) is 0 Å². The van der Waals surface area contributed by atoms with E-state index in [1.54, 1.807) is 7.11 Å². The lowest BCUT2D eigenvalue weighted by Crippen LogP contribution is -2.43. The molecule has 0 aromatic rings. The zero-order chi connectivity index (χ0) is 8.32. The number of hydrogen-bond acceptors (Lipinski definition) is 3. The van der Waals surface area contributed by atoms with Gasteiger partial charge in [0.05, 0.1) is 18.3 Å². The van der Waals surface area contributed by atoms with Gasteiger partial charge in [-0.25, -0.2) is 0 Å². The number of methoxy groups -OCH3 is 1. The first kappa shape index (κ1) is 8.97. The summed E-state index contributed by atoms with van der Waals surface area (Å²) in [6.45, 7) is 3.03. The molecule has 3 heteroatoms. The molecule has 0 aromatic carbocycles. The van der Waals surface area contributed by atoms with Crippen molar-refractivity contribution in [1.29, 1.82) is 0 Å². The molecule has 1 saturated heterocycles. The molecule has 1 aliphatic rings. The molecule has 2 atom stereocenters. The Balaban J connectivity index is 2.41. The molecule has 0 aromatic heterocycles. The molecular formula is C8H16O3. The lowest BCUT2D eigenvalue weighted by atomic mass is 9.92. The fourth-order valence-electron chi connectivity index (χ4n) is 1.55. The summed E-state index contributed by atoms with van der Waals surface area (Å²) < 4.78 is 10.2. The molecule has 3 nitrogen and oxygen atoms in total. The molecule has 1 aliphatic heterocycles. The highest BCUT2D eigenvalue weighted by Gasteiger charge is 2.32. The standard InChI is InChI=1S/C8H16O3/c1-7-5-8(9,6-10-2)3-4-11-7/h7,9H,3-6H2,1-2H3. The molecule has 1 N–H and O–H groups in total. The quantitative estimate of drug-likeness (QED) is 0.641. The van der Waals surface area contributed by atoms with Crippen molar-refractivity contribution < 1.29 is 14.6 Å². The van der Waals surface area contributed by atoms with E-state index >= 15 is 0 Å². The molecular weight excluding hydrogens is 144 g/mol. The second kappa shape index (κ2) is 3.52. The van der Waals surface area contributed by atoms with Crippen molar-refractivity contribution in [1.82, 2.24) is 0 Å². The molecule has 11 heavy (non-hydrogen) atoms. The van der Waals surface area contributed by atoms with Gasteiger partial charge in [-0.05, 0) is 6.92 Å². The fraction of sp³-hybridized carbons (Fsp3) is 1.00. The zero-order valence-corrected chi connectivity index (χ0v) is 7.17. The van der Waals surface area contributed by atoms with Gasteiger partial charge in [-0.1, -0.05) is 0 Å². The number of ether oxygens (including phenoxy) is 2. The van der Waals surface area contributed by atoms with E-state index < -0.39 is 5.60 Å². The van der Waals surface area contributed by atoms with Gasteiger partial charge in [0, 0.05) is 26.6 Å². The molecule has 2 unspecified atom stereocenters. The highest BCUT2D eigenvalue weighted by atomic mass is 16.5. The van der Waals surface area contributed by atoms with Gasteiger partial charge in [0.1, 0.15) is 0 Å². The largest absolute Gasteiger partial charge is 0.387 e. The van der Waals surface area contributed by atoms with Crippen molar-refractivity contribution in [3.05, 3.63) is 0 Å². The SMILES string of the molecule is COCC1(O)CCOC(C)C1. The van der Waals surface area contributed by atoms with Crippen molar-refractivity contribution in [3.63, 3.8) is 0 Å². The smallest absolute Gasteiger partial charge is 0.0926 e.